The first kappa shape index (κ1) is 16.9. The maximum Gasteiger partial charge on any atom is 0.399 e. The number of nitrogens with two attached hydrogens (primary N) is 1. The zero-order valence-electron chi connectivity index (χ0n) is 13.4. The molecule has 3 heterocycles. The number of imidazole rings is 1. The normalized spacial score (nSPS) is 13.9. The van der Waals surface area contributed by atoms with E-state index in [4.69, 9.17) is 9.98 Å². The minimum Gasteiger partial charge on any atom is -0.321 e. The van der Waals surface area contributed by atoms with Crippen LogP contribution in [-0.2, 0) is 14.9 Å². The smallest absolute Gasteiger partial charge is 0.321 e. The Morgan fingerprint density at radius 1 is 1.00 bits per heavy atom. The highest BCUT2D eigenvalue weighted by Crippen LogP contribution is 2.24. The van der Waals surface area contributed by atoms with Crippen molar-refractivity contribution in [2.24, 2.45) is 5.14 Å². The fourth-order valence-corrected chi connectivity index (χ4v) is 3.41. The van der Waals surface area contributed by atoms with Crippen molar-refractivity contribution in [2.45, 2.75) is 5.03 Å². The van der Waals surface area contributed by atoms with Crippen LogP contribution >= 0.6 is 0 Å². The number of fused-ring (bicyclic) bond motifs is 2. The zero-order chi connectivity index (χ0) is 19.3. The lowest BCUT2D eigenvalue weighted by atomic mass is 10.1. The number of sulfonamides is 1. The fourth-order valence-electron chi connectivity index (χ4n) is 2.74. The third-order valence-corrected chi connectivity index (χ3v) is 4.74. The first-order valence-electron chi connectivity index (χ1n) is 7.49. The SMILES string of the molecule is NS(=O)(=O)c1nc(C(=O)ON2C(=O)c3ccccc3C2=O)n2ccccc12. The molecule has 0 bridgehead atoms. The molecule has 1 aliphatic rings. The molecule has 11 heteroatoms. The summed E-state index contributed by atoms with van der Waals surface area (Å²) in [5, 5.41) is 4.91. The molecule has 27 heavy (non-hydrogen) atoms. The largest absolute Gasteiger partial charge is 0.399 e. The van der Waals surface area contributed by atoms with Gasteiger partial charge in [0.15, 0.2) is 5.03 Å². The number of aromatic nitrogens is 2. The first-order valence-corrected chi connectivity index (χ1v) is 9.03. The fraction of sp³-hybridized carbons (Fsp3) is 0. The van der Waals surface area contributed by atoms with Gasteiger partial charge < -0.3 is 4.84 Å². The van der Waals surface area contributed by atoms with Crippen molar-refractivity contribution in [3.05, 3.63) is 65.6 Å². The van der Waals surface area contributed by atoms with Gasteiger partial charge in [-0.15, -0.1) is 0 Å². The van der Waals surface area contributed by atoms with E-state index in [0.717, 1.165) is 4.40 Å². The quantitative estimate of drug-likeness (QED) is 0.640. The molecule has 4 rings (SSSR count). The number of amides is 2. The average Bonchev–Trinajstić information content (AvgIpc) is 3.14. The summed E-state index contributed by atoms with van der Waals surface area (Å²) in [5.41, 5.74) is 0.233. The predicted molar refractivity (Wildman–Crippen MR) is 88.9 cm³/mol. The number of hydroxylamine groups is 2. The van der Waals surface area contributed by atoms with E-state index in [0.29, 0.717) is 5.06 Å². The van der Waals surface area contributed by atoms with Gasteiger partial charge in [-0.05, 0) is 24.3 Å². The number of rotatable bonds is 3. The van der Waals surface area contributed by atoms with Crippen molar-refractivity contribution < 1.29 is 27.6 Å². The van der Waals surface area contributed by atoms with Gasteiger partial charge in [0.25, 0.3) is 21.8 Å². The molecular weight excluding hydrogens is 376 g/mol. The Bertz CT molecular complexity index is 1210. The van der Waals surface area contributed by atoms with E-state index >= 15 is 0 Å². The molecule has 0 saturated carbocycles. The van der Waals surface area contributed by atoms with Crippen molar-refractivity contribution in [2.75, 3.05) is 0 Å². The standard InChI is InChI=1S/C16H10N4O6S/c17-27(24,25)13-11-7-3-4-8-19(11)12(18-13)16(23)26-20-14(21)9-5-1-2-6-10(9)15(20)22/h1-8H,(H2,17,24,25). The minimum atomic E-state index is -4.22. The Labute approximate surface area is 151 Å². The van der Waals surface area contributed by atoms with Crippen LogP contribution in [0.25, 0.3) is 5.52 Å². The van der Waals surface area contributed by atoms with E-state index in [1.54, 1.807) is 12.1 Å². The molecule has 0 atom stereocenters. The third kappa shape index (κ3) is 2.56. The molecule has 3 aromatic rings. The van der Waals surface area contributed by atoms with Crippen LogP contribution < -0.4 is 5.14 Å². The molecule has 2 aromatic heterocycles. The number of primary sulfonamides is 1. The van der Waals surface area contributed by atoms with Gasteiger partial charge in [-0.2, -0.15) is 0 Å². The Morgan fingerprint density at radius 3 is 2.19 bits per heavy atom. The van der Waals surface area contributed by atoms with Crippen LogP contribution in [-0.4, -0.2) is 40.6 Å². The lowest BCUT2D eigenvalue weighted by molar-refractivity contribution is -0.0593. The zero-order valence-corrected chi connectivity index (χ0v) is 14.2. The molecule has 1 aliphatic heterocycles. The molecule has 0 aliphatic carbocycles. The number of imide groups is 1. The van der Waals surface area contributed by atoms with Gasteiger partial charge >= 0.3 is 5.97 Å². The number of hydrogen-bond donors (Lipinski definition) is 1. The second-order valence-electron chi connectivity index (χ2n) is 5.57. The van der Waals surface area contributed by atoms with E-state index in [-0.39, 0.29) is 16.6 Å². The van der Waals surface area contributed by atoms with Crippen molar-refractivity contribution >= 4 is 33.3 Å². The van der Waals surface area contributed by atoms with Crippen LogP contribution in [0.15, 0.2) is 53.7 Å². The van der Waals surface area contributed by atoms with Gasteiger partial charge in [0.1, 0.15) is 0 Å². The number of hydrogen-bond acceptors (Lipinski definition) is 7. The summed E-state index contributed by atoms with van der Waals surface area (Å²) in [6.45, 7) is 0. The molecule has 0 fully saturated rings. The molecule has 0 spiro atoms. The molecular formula is C16H10N4O6S. The summed E-state index contributed by atoms with van der Waals surface area (Å²) in [6, 6.07) is 10.4. The average molecular weight is 386 g/mol. The number of nitrogens with zero attached hydrogens (tertiary/aromatic N) is 3. The maximum absolute atomic E-state index is 12.5. The van der Waals surface area contributed by atoms with Crippen molar-refractivity contribution in [1.29, 1.82) is 0 Å². The van der Waals surface area contributed by atoms with Crippen molar-refractivity contribution in [3.8, 4) is 0 Å². The highest BCUT2D eigenvalue weighted by Gasteiger charge is 2.39. The highest BCUT2D eigenvalue weighted by atomic mass is 32.2. The Kier molecular flexibility index (Phi) is 3.58. The summed E-state index contributed by atoms with van der Waals surface area (Å²) >= 11 is 0. The maximum atomic E-state index is 12.5. The van der Waals surface area contributed by atoms with Crippen LogP contribution in [0, 0.1) is 0 Å². The Hall–Kier alpha value is -3.57. The molecule has 2 N–H and O–H groups in total. The Morgan fingerprint density at radius 2 is 1.59 bits per heavy atom. The van der Waals surface area contributed by atoms with Crippen LogP contribution in [0.5, 0.6) is 0 Å². The molecule has 0 radical (unpaired) electrons. The van der Waals surface area contributed by atoms with E-state index in [9.17, 15) is 22.8 Å². The van der Waals surface area contributed by atoms with Gasteiger partial charge in [0.2, 0.25) is 5.82 Å². The molecule has 10 nitrogen and oxygen atoms in total. The van der Waals surface area contributed by atoms with Crippen LogP contribution in [0.4, 0.5) is 0 Å². The number of pyridine rings is 1. The monoisotopic (exact) mass is 386 g/mol. The summed E-state index contributed by atoms with van der Waals surface area (Å²) in [6.07, 6.45) is 1.37. The molecule has 1 aromatic carbocycles. The summed E-state index contributed by atoms with van der Waals surface area (Å²) < 4.78 is 24.6. The van der Waals surface area contributed by atoms with Crippen LogP contribution in [0.1, 0.15) is 31.3 Å². The van der Waals surface area contributed by atoms with E-state index in [1.807, 2.05) is 0 Å². The summed E-state index contributed by atoms with van der Waals surface area (Å²) in [5.74, 6) is -3.26. The molecule has 0 saturated heterocycles. The third-order valence-electron chi connectivity index (χ3n) is 3.90. The number of benzene rings is 1. The van der Waals surface area contributed by atoms with E-state index in [2.05, 4.69) is 4.98 Å². The summed E-state index contributed by atoms with van der Waals surface area (Å²) in [4.78, 5) is 45.7. The molecule has 2 amide bonds. The lowest BCUT2D eigenvalue weighted by Crippen LogP contribution is -2.33. The molecule has 0 unspecified atom stereocenters. The van der Waals surface area contributed by atoms with E-state index < -0.39 is 38.7 Å². The first-order chi connectivity index (χ1) is 12.8. The highest BCUT2D eigenvalue weighted by molar-refractivity contribution is 7.89. The predicted octanol–water partition coefficient (Wildman–Crippen LogP) is 0.350. The molecule has 136 valence electrons. The number of carbonyl (C=O) groups is 3. The summed E-state index contributed by atoms with van der Waals surface area (Å²) in [7, 11) is -4.22. The van der Waals surface area contributed by atoms with Gasteiger partial charge in [-0.25, -0.2) is 23.3 Å². The second-order valence-corrected chi connectivity index (χ2v) is 7.05. The van der Waals surface area contributed by atoms with Crippen molar-refractivity contribution in [3.63, 3.8) is 0 Å². The lowest BCUT2D eigenvalue weighted by Gasteiger charge is -2.11. The van der Waals surface area contributed by atoms with Gasteiger partial charge in [-0.3, -0.25) is 14.0 Å². The van der Waals surface area contributed by atoms with Gasteiger partial charge in [0, 0.05) is 6.20 Å². The van der Waals surface area contributed by atoms with E-state index in [1.165, 1.54) is 36.5 Å². The number of carbonyl (C=O) groups excluding carboxylic acids is 3. The van der Waals surface area contributed by atoms with Gasteiger partial charge in [0.05, 0.1) is 16.6 Å². The minimum absolute atomic E-state index is 0.0503. The Balaban J connectivity index is 1.73. The van der Waals surface area contributed by atoms with Gasteiger partial charge in [-0.1, -0.05) is 23.3 Å². The second kappa shape index (κ2) is 5.72. The van der Waals surface area contributed by atoms with Crippen LogP contribution in [0.2, 0.25) is 0 Å². The topological polar surface area (TPSA) is 141 Å². The van der Waals surface area contributed by atoms with Crippen molar-refractivity contribution in [1.82, 2.24) is 14.4 Å². The van der Waals surface area contributed by atoms with Crippen LogP contribution in [0.3, 0.4) is 0 Å².